The summed E-state index contributed by atoms with van der Waals surface area (Å²) in [4.78, 5) is 12.3. The number of amides is 1. The molecular formula is C15H13N3O2. The molecule has 0 aromatic heterocycles. The van der Waals surface area contributed by atoms with E-state index < -0.39 is 0 Å². The molecule has 0 fully saturated rings. The van der Waals surface area contributed by atoms with Gasteiger partial charge in [-0.2, -0.15) is 5.26 Å². The van der Waals surface area contributed by atoms with Crippen molar-refractivity contribution in [3.63, 3.8) is 0 Å². The van der Waals surface area contributed by atoms with Crippen LogP contribution in [0.3, 0.4) is 0 Å². The molecule has 0 spiro atoms. The zero-order valence-electron chi connectivity index (χ0n) is 10.9. The van der Waals surface area contributed by atoms with Crippen molar-refractivity contribution in [3.05, 3.63) is 53.6 Å². The van der Waals surface area contributed by atoms with Gasteiger partial charge in [0.1, 0.15) is 11.8 Å². The van der Waals surface area contributed by atoms with E-state index in [0.29, 0.717) is 28.3 Å². The van der Waals surface area contributed by atoms with Gasteiger partial charge in [0.25, 0.3) is 5.91 Å². The molecule has 20 heavy (non-hydrogen) atoms. The van der Waals surface area contributed by atoms with E-state index in [4.69, 9.17) is 15.7 Å². The minimum absolute atomic E-state index is 0.320. The van der Waals surface area contributed by atoms with Crippen LogP contribution in [0, 0.1) is 11.3 Å². The zero-order valence-corrected chi connectivity index (χ0v) is 10.9. The van der Waals surface area contributed by atoms with E-state index in [2.05, 4.69) is 5.32 Å². The van der Waals surface area contributed by atoms with Crippen LogP contribution in [-0.4, -0.2) is 13.0 Å². The third-order valence-corrected chi connectivity index (χ3v) is 2.76. The van der Waals surface area contributed by atoms with E-state index in [-0.39, 0.29) is 5.91 Å². The molecule has 0 heterocycles. The molecule has 5 nitrogen and oxygen atoms in total. The van der Waals surface area contributed by atoms with Crippen molar-refractivity contribution in [2.45, 2.75) is 0 Å². The molecule has 0 aliphatic heterocycles. The van der Waals surface area contributed by atoms with Crippen LogP contribution in [0.5, 0.6) is 5.75 Å². The minimum atomic E-state index is -0.378. The third kappa shape index (κ3) is 2.70. The van der Waals surface area contributed by atoms with Crippen LogP contribution >= 0.6 is 0 Å². The molecule has 0 aliphatic carbocycles. The van der Waals surface area contributed by atoms with Crippen molar-refractivity contribution in [1.82, 2.24) is 0 Å². The summed E-state index contributed by atoms with van der Waals surface area (Å²) in [7, 11) is 1.48. The van der Waals surface area contributed by atoms with Gasteiger partial charge in [-0.3, -0.25) is 4.79 Å². The molecule has 0 aliphatic rings. The van der Waals surface area contributed by atoms with Gasteiger partial charge in [0.15, 0.2) is 0 Å². The van der Waals surface area contributed by atoms with Gasteiger partial charge in [0.2, 0.25) is 0 Å². The Morgan fingerprint density at radius 2 is 2.05 bits per heavy atom. The Hall–Kier alpha value is -3.00. The fraction of sp³-hybridized carbons (Fsp3) is 0.0667. The molecule has 2 rings (SSSR count). The van der Waals surface area contributed by atoms with Crippen molar-refractivity contribution in [1.29, 1.82) is 5.26 Å². The van der Waals surface area contributed by atoms with Crippen LogP contribution in [-0.2, 0) is 0 Å². The fourth-order valence-corrected chi connectivity index (χ4v) is 1.78. The number of benzene rings is 2. The second-order valence-electron chi connectivity index (χ2n) is 4.07. The normalized spacial score (nSPS) is 9.60. The van der Waals surface area contributed by atoms with Gasteiger partial charge in [-0.25, -0.2) is 0 Å². The first-order valence-electron chi connectivity index (χ1n) is 5.89. The smallest absolute Gasteiger partial charge is 0.259 e. The van der Waals surface area contributed by atoms with Gasteiger partial charge in [-0.1, -0.05) is 12.1 Å². The van der Waals surface area contributed by atoms with Crippen molar-refractivity contribution >= 4 is 17.3 Å². The lowest BCUT2D eigenvalue weighted by Gasteiger charge is -2.10. The van der Waals surface area contributed by atoms with Crippen molar-refractivity contribution in [3.8, 4) is 11.8 Å². The van der Waals surface area contributed by atoms with E-state index in [1.807, 2.05) is 6.07 Å². The number of hydrogen-bond donors (Lipinski definition) is 2. The first-order valence-corrected chi connectivity index (χ1v) is 5.89. The van der Waals surface area contributed by atoms with Crippen LogP contribution in [0.4, 0.5) is 11.4 Å². The van der Waals surface area contributed by atoms with Crippen LogP contribution in [0.15, 0.2) is 42.5 Å². The summed E-state index contributed by atoms with van der Waals surface area (Å²) in [6, 6.07) is 13.6. The average Bonchev–Trinajstić information content (AvgIpc) is 2.47. The van der Waals surface area contributed by atoms with Crippen molar-refractivity contribution in [2.75, 3.05) is 18.2 Å². The van der Waals surface area contributed by atoms with Crippen LogP contribution in [0.1, 0.15) is 15.9 Å². The molecule has 0 unspecified atom stereocenters. The molecule has 100 valence electrons. The summed E-state index contributed by atoms with van der Waals surface area (Å²) >= 11 is 0. The Morgan fingerprint density at radius 3 is 2.75 bits per heavy atom. The number of ether oxygens (including phenoxy) is 1. The van der Waals surface area contributed by atoms with Crippen LogP contribution < -0.4 is 15.8 Å². The first kappa shape index (κ1) is 13.4. The Kier molecular flexibility index (Phi) is 3.87. The summed E-state index contributed by atoms with van der Waals surface area (Å²) in [5, 5.41) is 11.7. The number of nitrogens with zero attached hydrogens (tertiary/aromatic N) is 1. The fourth-order valence-electron chi connectivity index (χ4n) is 1.78. The van der Waals surface area contributed by atoms with E-state index in [9.17, 15) is 4.79 Å². The van der Waals surface area contributed by atoms with Gasteiger partial charge in [-0.15, -0.1) is 0 Å². The number of nitrogens with one attached hydrogen (secondary N) is 1. The predicted octanol–water partition coefficient (Wildman–Crippen LogP) is 2.40. The molecule has 5 heteroatoms. The third-order valence-electron chi connectivity index (χ3n) is 2.76. The number of nitrogen functional groups attached to an aromatic ring is 1. The Morgan fingerprint density at radius 1 is 1.30 bits per heavy atom. The lowest BCUT2D eigenvalue weighted by atomic mass is 10.1. The number of rotatable bonds is 3. The van der Waals surface area contributed by atoms with Gasteiger partial charge in [-0.05, 0) is 30.3 Å². The van der Waals surface area contributed by atoms with E-state index in [1.54, 1.807) is 36.4 Å². The largest absolute Gasteiger partial charge is 0.496 e. The molecule has 0 bridgehead atoms. The predicted molar refractivity (Wildman–Crippen MR) is 76.5 cm³/mol. The SMILES string of the molecule is COc1ccc(N)cc1C(=O)Nc1ccccc1C#N. The lowest BCUT2D eigenvalue weighted by Crippen LogP contribution is -2.14. The number of para-hydroxylation sites is 1. The van der Waals surface area contributed by atoms with Crippen LogP contribution in [0.2, 0.25) is 0 Å². The van der Waals surface area contributed by atoms with Gasteiger partial charge < -0.3 is 15.8 Å². The van der Waals surface area contributed by atoms with Crippen LogP contribution in [0.25, 0.3) is 0 Å². The highest BCUT2D eigenvalue weighted by atomic mass is 16.5. The maximum absolute atomic E-state index is 12.3. The highest BCUT2D eigenvalue weighted by Gasteiger charge is 2.14. The molecule has 0 saturated carbocycles. The summed E-state index contributed by atoms with van der Waals surface area (Å²) in [5.41, 5.74) is 7.30. The first-order chi connectivity index (χ1) is 9.65. The minimum Gasteiger partial charge on any atom is -0.496 e. The number of anilines is 2. The molecule has 0 atom stereocenters. The number of hydrogen-bond acceptors (Lipinski definition) is 4. The second-order valence-corrected chi connectivity index (χ2v) is 4.07. The summed E-state index contributed by atoms with van der Waals surface area (Å²) in [6.07, 6.45) is 0. The summed E-state index contributed by atoms with van der Waals surface area (Å²) in [6.45, 7) is 0. The summed E-state index contributed by atoms with van der Waals surface area (Å²) < 4.78 is 5.13. The number of carbonyl (C=O) groups is 1. The molecule has 3 N–H and O–H groups in total. The van der Waals surface area contributed by atoms with Crippen molar-refractivity contribution < 1.29 is 9.53 Å². The highest BCUT2D eigenvalue weighted by Crippen LogP contribution is 2.23. The lowest BCUT2D eigenvalue weighted by molar-refractivity contribution is 0.102. The standard InChI is InChI=1S/C15H13N3O2/c1-20-14-7-6-11(17)8-12(14)15(19)18-13-5-3-2-4-10(13)9-16/h2-8H,17H2,1H3,(H,18,19). The molecule has 1 amide bonds. The Bertz CT molecular complexity index is 690. The van der Waals surface area contributed by atoms with Crippen molar-refractivity contribution in [2.24, 2.45) is 0 Å². The molecule has 0 radical (unpaired) electrons. The zero-order chi connectivity index (χ0) is 14.5. The number of nitriles is 1. The monoisotopic (exact) mass is 267 g/mol. The Labute approximate surface area is 116 Å². The highest BCUT2D eigenvalue weighted by molar-refractivity contribution is 6.07. The van der Waals surface area contributed by atoms with E-state index >= 15 is 0 Å². The average molecular weight is 267 g/mol. The van der Waals surface area contributed by atoms with Gasteiger partial charge in [0.05, 0.1) is 23.9 Å². The molecular weight excluding hydrogens is 254 g/mol. The Balaban J connectivity index is 2.33. The maximum Gasteiger partial charge on any atom is 0.259 e. The maximum atomic E-state index is 12.3. The van der Waals surface area contributed by atoms with E-state index in [0.717, 1.165) is 0 Å². The molecule has 2 aromatic rings. The van der Waals surface area contributed by atoms with Gasteiger partial charge in [0, 0.05) is 5.69 Å². The summed E-state index contributed by atoms with van der Waals surface area (Å²) in [5.74, 6) is 0.0444. The van der Waals surface area contributed by atoms with E-state index in [1.165, 1.54) is 13.2 Å². The topological polar surface area (TPSA) is 88.1 Å². The number of nitrogens with two attached hydrogens (primary N) is 1. The number of carbonyl (C=O) groups excluding carboxylic acids is 1. The molecule has 0 saturated heterocycles. The van der Waals surface area contributed by atoms with Gasteiger partial charge >= 0.3 is 0 Å². The molecule has 2 aromatic carbocycles. The quantitative estimate of drug-likeness (QED) is 0.836. The second kappa shape index (κ2) is 5.76. The number of methoxy groups -OCH3 is 1.